The van der Waals surface area contributed by atoms with Crippen molar-refractivity contribution in [3.05, 3.63) is 63.6 Å². The van der Waals surface area contributed by atoms with E-state index in [2.05, 4.69) is 11.0 Å². The first-order valence-electron chi connectivity index (χ1n) is 10.9. The lowest BCUT2D eigenvalue weighted by Gasteiger charge is -2.47. The number of ether oxygens (including phenoxy) is 1. The predicted octanol–water partition coefficient (Wildman–Crippen LogP) is 2.54. The molecule has 2 bridgehead atoms. The molecule has 3 atom stereocenters. The summed E-state index contributed by atoms with van der Waals surface area (Å²) in [7, 11) is 4.08. The van der Waals surface area contributed by atoms with Crippen LogP contribution >= 0.6 is 0 Å². The van der Waals surface area contributed by atoms with E-state index >= 15 is 0 Å². The van der Waals surface area contributed by atoms with Gasteiger partial charge >= 0.3 is 0 Å². The minimum absolute atomic E-state index is 0.0727. The average Bonchev–Trinajstić information content (AvgIpc) is 2.75. The molecule has 0 aliphatic carbocycles. The molecule has 1 aromatic heterocycles. The zero-order chi connectivity index (χ0) is 20.8. The van der Waals surface area contributed by atoms with Crippen molar-refractivity contribution >= 4 is 5.91 Å². The summed E-state index contributed by atoms with van der Waals surface area (Å²) < 4.78 is 7.70. The Morgan fingerprint density at radius 1 is 1.20 bits per heavy atom. The third kappa shape index (κ3) is 3.33. The number of nitrogens with zero attached hydrogens (tertiary/aromatic N) is 3. The number of benzene rings is 1. The third-order valence-corrected chi connectivity index (χ3v) is 6.79. The van der Waals surface area contributed by atoms with E-state index < -0.39 is 0 Å². The van der Waals surface area contributed by atoms with Gasteiger partial charge in [0.05, 0.1) is 12.6 Å². The van der Waals surface area contributed by atoms with Gasteiger partial charge in [0.2, 0.25) is 0 Å². The summed E-state index contributed by atoms with van der Waals surface area (Å²) in [6, 6.07) is 11.5. The smallest absolute Gasteiger partial charge is 0.253 e. The third-order valence-electron chi connectivity index (χ3n) is 6.79. The molecular formula is C24H29N3O3. The van der Waals surface area contributed by atoms with Crippen molar-refractivity contribution in [2.24, 2.45) is 5.92 Å². The predicted molar refractivity (Wildman–Crippen MR) is 115 cm³/mol. The number of aryl methyl sites for hydroxylation is 1. The van der Waals surface area contributed by atoms with Crippen LogP contribution in [0.3, 0.4) is 0 Å². The molecule has 1 aromatic carbocycles. The molecule has 0 saturated carbocycles. The van der Waals surface area contributed by atoms with E-state index in [9.17, 15) is 9.59 Å². The molecule has 30 heavy (non-hydrogen) atoms. The van der Waals surface area contributed by atoms with E-state index in [1.54, 1.807) is 6.07 Å². The Hall–Kier alpha value is -2.60. The summed E-state index contributed by atoms with van der Waals surface area (Å²) in [4.78, 5) is 30.3. The first-order valence-corrected chi connectivity index (χ1v) is 10.9. The molecule has 0 radical (unpaired) electrons. The lowest BCUT2D eigenvalue weighted by Crippen LogP contribution is -2.52. The monoisotopic (exact) mass is 407 g/mol. The van der Waals surface area contributed by atoms with Gasteiger partial charge in [-0.15, -0.1) is 0 Å². The Bertz CT molecular complexity index is 1030. The van der Waals surface area contributed by atoms with Gasteiger partial charge in [-0.25, -0.2) is 0 Å². The number of carbonyl (C=O) groups excluding carboxylic acids is 1. The van der Waals surface area contributed by atoms with Crippen molar-refractivity contribution in [1.29, 1.82) is 0 Å². The molecule has 6 nitrogen and oxygen atoms in total. The molecule has 6 heteroatoms. The van der Waals surface area contributed by atoms with E-state index in [0.717, 1.165) is 55.0 Å². The standard InChI is InChI=1S/C24H29N3O3/c1-25(2)15-21-19-12-18(20-6-3-7-23(28)27(20)21)13-26(14-19)24(29)17-8-9-22-16(11-17)5-4-10-30-22/h3,6-9,11,18-19,21H,4-5,10,12-15H2,1-2H3/t18-,19+,21+/m1/s1. The summed E-state index contributed by atoms with van der Waals surface area (Å²) in [6.07, 6.45) is 2.99. The van der Waals surface area contributed by atoms with E-state index in [1.165, 1.54) is 0 Å². The lowest BCUT2D eigenvalue weighted by atomic mass is 9.78. The van der Waals surface area contributed by atoms with Crippen LogP contribution in [0.2, 0.25) is 0 Å². The van der Waals surface area contributed by atoms with Gasteiger partial charge < -0.3 is 19.1 Å². The van der Waals surface area contributed by atoms with Crippen LogP contribution in [0.25, 0.3) is 0 Å². The van der Waals surface area contributed by atoms with Crippen LogP contribution < -0.4 is 10.3 Å². The maximum absolute atomic E-state index is 13.4. The first-order chi connectivity index (χ1) is 14.5. The Kier molecular flexibility index (Phi) is 4.89. The van der Waals surface area contributed by atoms with Crippen LogP contribution in [0.1, 0.15) is 46.4 Å². The highest BCUT2D eigenvalue weighted by Gasteiger charge is 2.42. The molecule has 5 rings (SSSR count). The van der Waals surface area contributed by atoms with Gasteiger partial charge in [-0.1, -0.05) is 6.07 Å². The van der Waals surface area contributed by atoms with Crippen molar-refractivity contribution in [3.63, 3.8) is 0 Å². The topological polar surface area (TPSA) is 54.8 Å². The highest BCUT2D eigenvalue weighted by molar-refractivity contribution is 5.94. The van der Waals surface area contributed by atoms with E-state index in [1.807, 2.05) is 47.8 Å². The molecule has 2 aromatic rings. The van der Waals surface area contributed by atoms with Crippen LogP contribution in [0.15, 0.2) is 41.2 Å². The lowest BCUT2D eigenvalue weighted by molar-refractivity contribution is 0.0498. The van der Waals surface area contributed by atoms with Gasteiger partial charge in [0.15, 0.2) is 0 Å². The molecule has 1 saturated heterocycles. The van der Waals surface area contributed by atoms with Crippen molar-refractivity contribution in [2.75, 3.05) is 40.3 Å². The number of likely N-dealkylation sites (N-methyl/N-ethyl adjacent to an activating group) is 1. The van der Waals surface area contributed by atoms with E-state index in [4.69, 9.17) is 4.74 Å². The molecule has 1 amide bonds. The van der Waals surface area contributed by atoms with Crippen molar-refractivity contribution in [3.8, 4) is 5.75 Å². The fraction of sp³-hybridized carbons (Fsp3) is 0.500. The maximum Gasteiger partial charge on any atom is 0.253 e. The number of hydrogen-bond acceptors (Lipinski definition) is 4. The van der Waals surface area contributed by atoms with Gasteiger partial charge in [0.25, 0.3) is 11.5 Å². The number of fused-ring (bicyclic) bond motifs is 5. The Labute approximate surface area is 177 Å². The fourth-order valence-electron chi connectivity index (χ4n) is 5.49. The Balaban J connectivity index is 1.46. The molecule has 0 spiro atoms. The molecule has 4 heterocycles. The number of aromatic nitrogens is 1. The minimum Gasteiger partial charge on any atom is -0.493 e. The van der Waals surface area contributed by atoms with Crippen LogP contribution in [0.4, 0.5) is 0 Å². The van der Waals surface area contributed by atoms with Gasteiger partial charge in [0.1, 0.15) is 5.75 Å². The highest BCUT2D eigenvalue weighted by atomic mass is 16.5. The quantitative estimate of drug-likeness (QED) is 0.785. The molecule has 0 N–H and O–H groups in total. The second kappa shape index (κ2) is 7.58. The zero-order valence-corrected chi connectivity index (χ0v) is 17.7. The normalized spacial score (nSPS) is 24.8. The van der Waals surface area contributed by atoms with Crippen molar-refractivity contribution in [2.45, 2.75) is 31.2 Å². The fourth-order valence-corrected chi connectivity index (χ4v) is 5.49. The van der Waals surface area contributed by atoms with E-state index in [0.29, 0.717) is 13.1 Å². The number of carbonyl (C=O) groups is 1. The average molecular weight is 408 g/mol. The minimum atomic E-state index is 0.0727. The summed E-state index contributed by atoms with van der Waals surface area (Å²) in [5.41, 5.74) is 3.02. The SMILES string of the molecule is CN(C)C[C@H]1[C@H]2C[C@H](CN(C(=O)c3ccc4c(c3)CCCO4)C2)c2cccc(=O)n21. The molecule has 3 aliphatic heterocycles. The number of rotatable bonds is 3. The van der Waals surface area contributed by atoms with Gasteiger partial charge in [-0.05, 0) is 69.1 Å². The molecular weight excluding hydrogens is 378 g/mol. The number of amides is 1. The second-order valence-corrected chi connectivity index (χ2v) is 9.17. The van der Waals surface area contributed by atoms with Crippen molar-refractivity contribution < 1.29 is 9.53 Å². The van der Waals surface area contributed by atoms with Gasteiger partial charge in [-0.3, -0.25) is 9.59 Å². The summed E-state index contributed by atoms with van der Waals surface area (Å²) in [6.45, 7) is 2.91. The van der Waals surface area contributed by atoms with Crippen LogP contribution in [-0.2, 0) is 6.42 Å². The Morgan fingerprint density at radius 3 is 2.90 bits per heavy atom. The van der Waals surface area contributed by atoms with Crippen LogP contribution in [0, 0.1) is 5.92 Å². The second-order valence-electron chi connectivity index (χ2n) is 9.17. The van der Waals surface area contributed by atoms with Gasteiger partial charge in [-0.2, -0.15) is 0 Å². The van der Waals surface area contributed by atoms with Gasteiger partial charge in [0, 0.05) is 42.9 Å². The Morgan fingerprint density at radius 2 is 2.07 bits per heavy atom. The molecule has 1 fully saturated rings. The number of hydrogen-bond donors (Lipinski definition) is 0. The molecule has 158 valence electrons. The zero-order valence-electron chi connectivity index (χ0n) is 17.7. The summed E-state index contributed by atoms with van der Waals surface area (Å²) >= 11 is 0. The number of pyridine rings is 1. The largest absolute Gasteiger partial charge is 0.493 e. The summed E-state index contributed by atoms with van der Waals surface area (Å²) in [5.74, 6) is 1.49. The van der Waals surface area contributed by atoms with Crippen LogP contribution in [0.5, 0.6) is 5.75 Å². The number of piperidine rings is 1. The maximum atomic E-state index is 13.4. The number of likely N-dealkylation sites (tertiary alicyclic amines) is 1. The highest BCUT2D eigenvalue weighted by Crippen LogP contribution is 2.41. The molecule has 0 unspecified atom stereocenters. The summed E-state index contributed by atoms with van der Waals surface area (Å²) in [5, 5.41) is 0. The first kappa shape index (κ1) is 19.4. The van der Waals surface area contributed by atoms with Crippen LogP contribution in [-0.4, -0.2) is 60.6 Å². The molecule has 3 aliphatic rings. The van der Waals surface area contributed by atoms with Crippen molar-refractivity contribution in [1.82, 2.24) is 14.4 Å². The van der Waals surface area contributed by atoms with E-state index in [-0.39, 0.29) is 29.3 Å².